The third-order valence-corrected chi connectivity index (χ3v) is 3.87. The van der Waals surface area contributed by atoms with Crippen LogP contribution < -0.4 is 5.32 Å². The van der Waals surface area contributed by atoms with E-state index < -0.39 is 0 Å². The molecule has 0 aromatic carbocycles. The number of aryl methyl sites for hydroxylation is 1. The van der Waals surface area contributed by atoms with Gasteiger partial charge in [-0.2, -0.15) is 0 Å². The zero-order chi connectivity index (χ0) is 12.5. The first-order chi connectivity index (χ1) is 8.74. The summed E-state index contributed by atoms with van der Waals surface area (Å²) in [7, 11) is 1.98. The highest BCUT2D eigenvalue weighted by atomic mass is 16.2. The topological polar surface area (TPSA) is 50.2 Å². The molecule has 0 unspecified atom stereocenters. The molecule has 5 heteroatoms. The lowest BCUT2D eigenvalue weighted by molar-refractivity contribution is -0.134. The second kappa shape index (κ2) is 4.72. The van der Waals surface area contributed by atoms with Gasteiger partial charge in [0, 0.05) is 31.9 Å². The summed E-state index contributed by atoms with van der Waals surface area (Å²) in [6, 6.07) is 0.460. The van der Waals surface area contributed by atoms with Crippen LogP contribution in [0.5, 0.6) is 0 Å². The van der Waals surface area contributed by atoms with Crippen LogP contribution in [-0.4, -0.2) is 39.5 Å². The minimum Gasteiger partial charge on any atom is -0.337 e. The number of carbonyl (C=O) groups excluding carboxylic acids is 1. The minimum absolute atomic E-state index is 0.298. The minimum atomic E-state index is 0.298. The van der Waals surface area contributed by atoms with Crippen LogP contribution in [-0.2, 0) is 18.4 Å². The highest BCUT2D eigenvalue weighted by molar-refractivity contribution is 5.77. The summed E-state index contributed by atoms with van der Waals surface area (Å²) in [6.07, 6.45) is 6.72. The monoisotopic (exact) mass is 248 g/mol. The lowest BCUT2D eigenvalue weighted by Crippen LogP contribution is -2.45. The highest BCUT2D eigenvalue weighted by Gasteiger charge is 2.34. The van der Waals surface area contributed by atoms with E-state index in [0.717, 1.165) is 31.8 Å². The number of hydrogen-bond donors (Lipinski definition) is 1. The highest BCUT2D eigenvalue weighted by Crippen LogP contribution is 2.29. The van der Waals surface area contributed by atoms with Gasteiger partial charge in [0.1, 0.15) is 5.82 Å². The smallest absolute Gasteiger partial charge is 0.223 e. The average Bonchev–Trinajstić information content (AvgIpc) is 3.05. The second-order valence-corrected chi connectivity index (χ2v) is 5.44. The Morgan fingerprint density at radius 3 is 2.83 bits per heavy atom. The van der Waals surface area contributed by atoms with Gasteiger partial charge in [-0.3, -0.25) is 4.79 Å². The van der Waals surface area contributed by atoms with E-state index in [2.05, 4.69) is 10.3 Å². The number of rotatable bonds is 5. The maximum absolute atomic E-state index is 12.3. The molecule has 0 atom stereocenters. The maximum Gasteiger partial charge on any atom is 0.223 e. The third-order valence-electron chi connectivity index (χ3n) is 3.87. The fourth-order valence-corrected chi connectivity index (χ4v) is 2.37. The van der Waals surface area contributed by atoms with Gasteiger partial charge in [0.15, 0.2) is 0 Å². The molecule has 1 aliphatic heterocycles. The van der Waals surface area contributed by atoms with Crippen molar-refractivity contribution in [3.63, 3.8) is 0 Å². The molecule has 98 valence electrons. The summed E-state index contributed by atoms with van der Waals surface area (Å²) < 4.78 is 1.99. The Hall–Kier alpha value is -1.36. The molecule has 0 bridgehead atoms. The van der Waals surface area contributed by atoms with E-state index in [1.54, 1.807) is 6.20 Å². The Balaban J connectivity index is 1.64. The van der Waals surface area contributed by atoms with Crippen LogP contribution >= 0.6 is 0 Å². The normalized spacial score (nSPS) is 19.6. The van der Waals surface area contributed by atoms with E-state index in [9.17, 15) is 4.79 Å². The molecule has 18 heavy (non-hydrogen) atoms. The largest absolute Gasteiger partial charge is 0.337 e. The quantitative estimate of drug-likeness (QED) is 0.826. The Bertz CT molecular complexity index is 434. The molecule has 1 saturated heterocycles. The summed E-state index contributed by atoms with van der Waals surface area (Å²) in [5.41, 5.74) is 0. The van der Waals surface area contributed by atoms with E-state index in [1.807, 2.05) is 22.7 Å². The Morgan fingerprint density at radius 2 is 2.33 bits per heavy atom. The first-order valence-electron chi connectivity index (χ1n) is 6.70. The zero-order valence-electron chi connectivity index (χ0n) is 10.8. The van der Waals surface area contributed by atoms with Gasteiger partial charge in [0.25, 0.3) is 0 Å². The molecule has 1 aromatic heterocycles. The van der Waals surface area contributed by atoms with Crippen molar-refractivity contribution in [2.75, 3.05) is 13.1 Å². The number of hydrogen-bond acceptors (Lipinski definition) is 3. The first kappa shape index (κ1) is 11.7. The lowest BCUT2D eigenvalue weighted by Gasteiger charge is -2.30. The fraction of sp³-hybridized carbons (Fsp3) is 0.692. The second-order valence-electron chi connectivity index (χ2n) is 5.44. The van der Waals surface area contributed by atoms with Gasteiger partial charge in [-0.25, -0.2) is 4.98 Å². The van der Waals surface area contributed by atoms with Crippen molar-refractivity contribution < 1.29 is 4.79 Å². The standard InChI is InChI=1S/C13H20N4O/c1-16-5-4-15-12(16)9-17(11-2-3-11)13(18)6-10-7-14-8-10/h4-5,10-11,14H,2-3,6-9H2,1H3. The number of carbonyl (C=O) groups is 1. The molecule has 1 saturated carbocycles. The molecule has 3 rings (SSSR count). The first-order valence-corrected chi connectivity index (χ1v) is 6.70. The number of nitrogens with one attached hydrogen (secondary N) is 1. The van der Waals surface area contributed by atoms with Gasteiger partial charge in [-0.15, -0.1) is 0 Å². The maximum atomic E-state index is 12.3. The summed E-state index contributed by atoms with van der Waals surface area (Å²) in [6.45, 7) is 2.65. The van der Waals surface area contributed by atoms with E-state index in [-0.39, 0.29) is 0 Å². The van der Waals surface area contributed by atoms with Crippen LogP contribution in [0.4, 0.5) is 0 Å². The Labute approximate surface area is 107 Å². The number of imidazole rings is 1. The predicted octanol–water partition coefficient (Wildman–Crippen LogP) is 0.521. The summed E-state index contributed by atoms with van der Waals surface area (Å²) >= 11 is 0. The van der Waals surface area contributed by atoms with Crippen molar-refractivity contribution in [1.82, 2.24) is 19.8 Å². The Morgan fingerprint density at radius 1 is 1.56 bits per heavy atom. The van der Waals surface area contributed by atoms with Crippen molar-refractivity contribution in [2.24, 2.45) is 13.0 Å². The van der Waals surface area contributed by atoms with Crippen molar-refractivity contribution >= 4 is 5.91 Å². The number of aromatic nitrogens is 2. The van der Waals surface area contributed by atoms with Gasteiger partial charge in [0.05, 0.1) is 6.54 Å². The summed E-state index contributed by atoms with van der Waals surface area (Å²) in [4.78, 5) is 18.7. The van der Waals surface area contributed by atoms with Crippen LogP contribution in [0, 0.1) is 5.92 Å². The van der Waals surface area contributed by atoms with Crippen LogP contribution in [0.2, 0.25) is 0 Å². The van der Waals surface area contributed by atoms with E-state index in [1.165, 1.54) is 0 Å². The average molecular weight is 248 g/mol. The predicted molar refractivity (Wildman–Crippen MR) is 67.8 cm³/mol. The van der Waals surface area contributed by atoms with Crippen molar-refractivity contribution in [3.05, 3.63) is 18.2 Å². The van der Waals surface area contributed by atoms with Gasteiger partial charge in [-0.05, 0) is 31.8 Å². The molecule has 1 aliphatic carbocycles. The van der Waals surface area contributed by atoms with Gasteiger partial charge in [-0.1, -0.05) is 0 Å². The molecule has 5 nitrogen and oxygen atoms in total. The summed E-state index contributed by atoms with van der Waals surface area (Å²) in [5, 5.41) is 3.22. The molecule has 0 radical (unpaired) electrons. The van der Waals surface area contributed by atoms with Crippen LogP contribution in [0.3, 0.4) is 0 Å². The SMILES string of the molecule is Cn1ccnc1CN(C(=O)CC1CNC1)C1CC1. The van der Waals surface area contributed by atoms with Crippen LogP contribution in [0.15, 0.2) is 12.4 Å². The van der Waals surface area contributed by atoms with Gasteiger partial charge < -0.3 is 14.8 Å². The molecule has 2 aliphatic rings. The molecule has 2 fully saturated rings. The third kappa shape index (κ3) is 2.41. The zero-order valence-corrected chi connectivity index (χ0v) is 10.8. The molecule has 1 aromatic rings. The lowest BCUT2D eigenvalue weighted by atomic mass is 9.98. The molecule has 0 spiro atoms. The fourth-order valence-electron chi connectivity index (χ4n) is 2.37. The van der Waals surface area contributed by atoms with Crippen molar-refractivity contribution in [3.8, 4) is 0 Å². The molecular formula is C13H20N4O. The van der Waals surface area contributed by atoms with Gasteiger partial charge >= 0.3 is 0 Å². The van der Waals surface area contributed by atoms with E-state index >= 15 is 0 Å². The molecule has 2 heterocycles. The molecular weight excluding hydrogens is 228 g/mol. The molecule has 1 amide bonds. The Kier molecular flexibility index (Phi) is 3.07. The number of nitrogens with zero attached hydrogens (tertiary/aromatic N) is 3. The van der Waals surface area contributed by atoms with Crippen LogP contribution in [0.25, 0.3) is 0 Å². The molecule has 1 N–H and O–H groups in total. The van der Waals surface area contributed by atoms with E-state index in [0.29, 0.717) is 30.8 Å². The van der Waals surface area contributed by atoms with Gasteiger partial charge in [0.2, 0.25) is 5.91 Å². The van der Waals surface area contributed by atoms with Crippen molar-refractivity contribution in [1.29, 1.82) is 0 Å². The van der Waals surface area contributed by atoms with Crippen molar-refractivity contribution in [2.45, 2.75) is 31.8 Å². The van der Waals surface area contributed by atoms with Crippen LogP contribution in [0.1, 0.15) is 25.1 Å². The number of amides is 1. The van der Waals surface area contributed by atoms with E-state index in [4.69, 9.17) is 0 Å². The summed E-state index contributed by atoms with van der Waals surface area (Å²) in [5.74, 6) is 1.81.